The number of likely N-dealkylation sites (tertiary alicyclic amines) is 1. The molecule has 6 heteroatoms. The number of sulfonamides is 1. The van der Waals surface area contributed by atoms with Crippen molar-refractivity contribution in [3.63, 3.8) is 0 Å². The molecule has 0 aromatic carbocycles. The maximum Gasteiger partial charge on any atom is 0.212 e. The normalized spacial score (nSPS) is 24.3. The molecule has 0 amide bonds. The smallest absolute Gasteiger partial charge is 0.212 e. The first-order valence-corrected chi connectivity index (χ1v) is 6.54. The molecule has 1 unspecified atom stereocenters. The summed E-state index contributed by atoms with van der Waals surface area (Å²) in [4.78, 5) is 2.21. The Labute approximate surface area is 85.7 Å². The first-order valence-electron chi connectivity index (χ1n) is 4.89. The van der Waals surface area contributed by atoms with Gasteiger partial charge in [0.1, 0.15) is 0 Å². The van der Waals surface area contributed by atoms with Crippen molar-refractivity contribution >= 4 is 10.0 Å². The highest BCUT2D eigenvalue weighted by Crippen LogP contribution is 2.12. The third kappa shape index (κ3) is 3.91. The lowest BCUT2D eigenvalue weighted by Crippen LogP contribution is -2.34. The second kappa shape index (κ2) is 5.06. The van der Waals surface area contributed by atoms with Gasteiger partial charge in [0.05, 0.1) is 5.75 Å². The molecule has 1 saturated heterocycles. The van der Waals surface area contributed by atoms with E-state index in [-0.39, 0.29) is 12.3 Å². The van der Waals surface area contributed by atoms with E-state index in [0.29, 0.717) is 12.5 Å². The monoisotopic (exact) mass is 221 g/mol. The second-order valence-corrected chi connectivity index (χ2v) is 5.80. The van der Waals surface area contributed by atoms with E-state index in [1.54, 1.807) is 0 Å². The Morgan fingerprint density at radius 2 is 2.29 bits per heavy atom. The molecule has 0 saturated carbocycles. The van der Waals surface area contributed by atoms with Crippen LogP contribution in [0.15, 0.2) is 0 Å². The molecule has 0 aromatic heterocycles. The van der Waals surface area contributed by atoms with Gasteiger partial charge < -0.3 is 10.6 Å². The molecule has 14 heavy (non-hydrogen) atoms. The van der Waals surface area contributed by atoms with Crippen LogP contribution in [0.2, 0.25) is 0 Å². The molecular weight excluding hydrogens is 202 g/mol. The molecule has 1 aliphatic rings. The lowest BCUT2D eigenvalue weighted by atomic mass is 10.1. The topological polar surface area (TPSA) is 75.4 Å². The number of rotatable bonds is 5. The zero-order chi connectivity index (χ0) is 10.6. The summed E-state index contributed by atoms with van der Waals surface area (Å²) in [6.45, 7) is 2.76. The van der Waals surface area contributed by atoms with Gasteiger partial charge in [-0.2, -0.15) is 0 Å². The van der Waals surface area contributed by atoms with Gasteiger partial charge in [-0.1, -0.05) is 0 Å². The van der Waals surface area contributed by atoms with Crippen LogP contribution in [0.4, 0.5) is 0 Å². The van der Waals surface area contributed by atoms with Crippen molar-refractivity contribution in [1.82, 2.24) is 9.62 Å². The Hall–Kier alpha value is -0.170. The fourth-order valence-electron chi connectivity index (χ4n) is 1.67. The van der Waals surface area contributed by atoms with Crippen LogP contribution >= 0.6 is 0 Å². The molecule has 0 aliphatic carbocycles. The quantitative estimate of drug-likeness (QED) is 0.612. The number of nitrogens with two attached hydrogens (primary N) is 1. The minimum absolute atomic E-state index is 0.0234. The molecular formula is C8H19N3O2S. The Morgan fingerprint density at radius 1 is 1.57 bits per heavy atom. The average molecular weight is 221 g/mol. The third-order valence-corrected chi connectivity index (χ3v) is 3.85. The molecule has 0 spiro atoms. The summed E-state index contributed by atoms with van der Waals surface area (Å²) in [5.74, 6) is 0.475. The van der Waals surface area contributed by atoms with Gasteiger partial charge in [-0.3, -0.25) is 0 Å². The van der Waals surface area contributed by atoms with Crippen LogP contribution in [-0.2, 0) is 10.0 Å². The lowest BCUT2D eigenvalue weighted by molar-refractivity contribution is 0.394. The summed E-state index contributed by atoms with van der Waals surface area (Å²) in [6.07, 6.45) is 1.07. The van der Waals surface area contributed by atoms with Crippen LogP contribution < -0.4 is 10.5 Å². The molecule has 1 fully saturated rings. The van der Waals surface area contributed by atoms with Gasteiger partial charge in [0.25, 0.3) is 0 Å². The molecule has 1 atom stereocenters. The molecule has 84 valence electrons. The summed E-state index contributed by atoms with van der Waals surface area (Å²) in [5, 5.41) is 0. The van der Waals surface area contributed by atoms with E-state index in [1.165, 1.54) is 0 Å². The van der Waals surface area contributed by atoms with E-state index in [1.807, 2.05) is 7.05 Å². The van der Waals surface area contributed by atoms with E-state index < -0.39 is 10.0 Å². The van der Waals surface area contributed by atoms with Gasteiger partial charge in [0.2, 0.25) is 10.0 Å². The first kappa shape index (κ1) is 11.9. The maximum atomic E-state index is 11.3. The Kier molecular flexibility index (Phi) is 4.31. The van der Waals surface area contributed by atoms with E-state index >= 15 is 0 Å². The molecule has 1 heterocycles. The summed E-state index contributed by atoms with van der Waals surface area (Å²) in [5.41, 5.74) is 5.19. The molecule has 0 radical (unpaired) electrons. The average Bonchev–Trinajstić information content (AvgIpc) is 2.48. The van der Waals surface area contributed by atoms with Crippen LogP contribution in [0, 0.1) is 5.92 Å². The van der Waals surface area contributed by atoms with E-state index in [9.17, 15) is 8.42 Å². The fourth-order valence-corrected chi connectivity index (χ4v) is 2.61. The SMILES string of the molecule is CN1CCC(CNS(=O)(=O)CCN)C1. The Morgan fingerprint density at radius 3 is 2.79 bits per heavy atom. The Balaban J connectivity index is 2.26. The van der Waals surface area contributed by atoms with E-state index in [4.69, 9.17) is 5.73 Å². The largest absolute Gasteiger partial charge is 0.329 e. The second-order valence-electron chi connectivity index (χ2n) is 3.87. The maximum absolute atomic E-state index is 11.3. The van der Waals surface area contributed by atoms with Crippen molar-refractivity contribution in [2.45, 2.75) is 6.42 Å². The number of hydrogen-bond acceptors (Lipinski definition) is 4. The minimum atomic E-state index is -3.13. The highest BCUT2D eigenvalue weighted by Gasteiger charge is 2.20. The van der Waals surface area contributed by atoms with Crippen LogP contribution in [0.5, 0.6) is 0 Å². The van der Waals surface area contributed by atoms with Gasteiger partial charge in [-0.25, -0.2) is 13.1 Å². The van der Waals surface area contributed by atoms with Gasteiger partial charge in [0.15, 0.2) is 0 Å². The molecule has 0 aromatic rings. The van der Waals surface area contributed by atoms with Crippen LogP contribution in [0.1, 0.15) is 6.42 Å². The molecule has 3 N–H and O–H groups in total. The molecule has 1 rings (SSSR count). The van der Waals surface area contributed by atoms with Crippen molar-refractivity contribution in [3.8, 4) is 0 Å². The molecule has 0 bridgehead atoms. The molecule has 5 nitrogen and oxygen atoms in total. The van der Waals surface area contributed by atoms with Crippen molar-refractivity contribution in [2.24, 2.45) is 11.7 Å². The van der Waals surface area contributed by atoms with Crippen LogP contribution in [0.25, 0.3) is 0 Å². The summed E-state index contributed by atoms with van der Waals surface area (Å²) in [7, 11) is -1.08. The van der Waals surface area contributed by atoms with Crippen LogP contribution in [0.3, 0.4) is 0 Å². The lowest BCUT2D eigenvalue weighted by Gasteiger charge is -2.11. The van der Waals surface area contributed by atoms with Gasteiger partial charge in [-0.15, -0.1) is 0 Å². The number of hydrogen-bond donors (Lipinski definition) is 2. The predicted molar refractivity (Wildman–Crippen MR) is 56.4 cm³/mol. The summed E-state index contributed by atoms with van der Waals surface area (Å²) < 4.78 is 25.1. The van der Waals surface area contributed by atoms with E-state index in [0.717, 1.165) is 19.5 Å². The predicted octanol–water partition coefficient (Wildman–Crippen LogP) is -1.18. The van der Waals surface area contributed by atoms with Gasteiger partial charge in [0, 0.05) is 19.6 Å². The summed E-state index contributed by atoms with van der Waals surface area (Å²) >= 11 is 0. The number of nitrogens with zero attached hydrogens (tertiary/aromatic N) is 1. The first-order chi connectivity index (χ1) is 6.53. The standard InChI is InChI=1S/C8H19N3O2S/c1-11-4-2-8(7-11)6-10-14(12,13)5-3-9/h8,10H,2-7,9H2,1H3. The van der Waals surface area contributed by atoms with Crippen molar-refractivity contribution < 1.29 is 8.42 Å². The minimum Gasteiger partial charge on any atom is -0.329 e. The highest BCUT2D eigenvalue weighted by atomic mass is 32.2. The third-order valence-electron chi connectivity index (χ3n) is 2.47. The fraction of sp³-hybridized carbons (Fsp3) is 1.00. The molecule has 1 aliphatic heterocycles. The number of nitrogens with one attached hydrogen (secondary N) is 1. The van der Waals surface area contributed by atoms with Gasteiger partial charge in [-0.05, 0) is 25.9 Å². The van der Waals surface area contributed by atoms with E-state index in [2.05, 4.69) is 9.62 Å². The summed E-state index contributed by atoms with van der Waals surface area (Å²) in [6, 6.07) is 0. The zero-order valence-corrected chi connectivity index (χ0v) is 9.39. The van der Waals surface area contributed by atoms with Crippen molar-refractivity contribution in [3.05, 3.63) is 0 Å². The van der Waals surface area contributed by atoms with Crippen molar-refractivity contribution in [2.75, 3.05) is 39.0 Å². The Bertz CT molecular complexity index is 266. The van der Waals surface area contributed by atoms with Crippen molar-refractivity contribution in [1.29, 1.82) is 0 Å². The van der Waals surface area contributed by atoms with Gasteiger partial charge >= 0.3 is 0 Å². The highest BCUT2D eigenvalue weighted by molar-refractivity contribution is 7.89. The zero-order valence-electron chi connectivity index (χ0n) is 8.57. The van der Waals surface area contributed by atoms with Crippen LogP contribution in [-0.4, -0.2) is 52.3 Å².